The smallest absolute Gasteiger partial charge is 0.220 e. The Morgan fingerprint density at radius 1 is 1.40 bits per heavy atom. The maximum absolute atomic E-state index is 12.0. The number of benzene rings is 1. The van der Waals surface area contributed by atoms with E-state index in [-0.39, 0.29) is 18.1 Å². The van der Waals surface area contributed by atoms with Gasteiger partial charge in [-0.15, -0.1) is 0 Å². The van der Waals surface area contributed by atoms with Gasteiger partial charge >= 0.3 is 0 Å². The zero-order chi connectivity index (χ0) is 14.4. The highest BCUT2D eigenvalue weighted by atomic mass is 16.5. The molecule has 20 heavy (non-hydrogen) atoms. The Hall–Kier alpha value is -1.55. The molecule has 0 aliphatic heterocycles. The highest BCUT2D eigenvalue weighted by Crippen LogP contribution is 2.29. The second-order valence-corrected chi connectivity index (χ2v) is 5.55. The Morgan fingerprint density at radius 3 is 2.80 bits per heavy atom. The van der Waals surface area contributed by atoms with Crippen LogP contribution >= 0.6 is 0 Å². The predicted molar refractivity (Wildman–Crippen MR) is 77.7 cm³/mol. The fraction of sp³-hybridized carbons (Fsp3) is 0.562. The van der Waals surface area contributed by atoms with Gasteiger partial charge in [0, 0.05) is 6.42 Å². The highest BCUT2D eigenvalue weighted by Gasteiger charge is 2.34. The van der Waals surface area contributed by atoms with E-state index in [2.05, 4.69) is 5.32 Å². The molecule has 1 aliphatic rings. The molecule has 1 saturated carbocycles. The van der Waals surface area contributed by atoms with Gasteiger partial charge in [0.25, 0.3) is 0 Å². The van der Waals surface area contributed by atoms with Gasteiger partial charge in [-0.1, -0.05) is 25.0 Å². The molecule has 4 nitrogen and oxygen atoms in total. The molecule has 0 saturated heterocycles. The van der Waals surface area contributed by atoms with Crippen molar-refractivity contribution in [3.05, 3.63) is 29.8 Å². The number of hydrogen-bond donors (Lipinski definition) is 2. The number of ether oxygens (including phenoxy) is 1. The van der Waals surface area contributed by atoms with Gasteiger partial charge in [-0.25, -0.2) is 0 Å². The number of carbonyl (C=O) groups excluding carboxylic acids is 1. The minimum absolute atomic E-state index is 0.0174. The molecule has 110 valence electrons. The van der Waals surface area contributed by atoms with Crippen LogP contribution in [-0.2, 0) is 11.2 Å². The lowest BCUT2D eigenvalue weighted by Crippen LogP contribution is -2.49. The van der Waals surface area contributed by atoms with Gasteiger partial charge in [0.05, 0.1) is 19.3 Å². The maximum atomic E-state index is 12.0. The summed E-state index contributed by atoms with van der Waals surface area (Å²) in [6, 6.07) is 7.76. The van der Waals surface area contributed by atoms with Crippen LogP contribution in [0.5, 0.6) is 5.75 Å². The van der Waals surface area contributed by atoms with Gasteiger partial charge in [0.2, 0.25) is 5.91 Å². The van der Waals surface area contributed by atoms with Gasteiger partial charge in [0.1, 0.15) is 5.75 Å². The summed E-state index contributed by atoms with van der Waals surface area (Å²) in [6.45, 7) is 0.0396. The van der Waals surface area contributed by atoms with Crippen LogP contribution in [0.1, 0.15) is 37.7 Å². The fourth-order valence-electron chi connectivity index (χ4n) is 2.82. The molecule has 1 fully saturated rings. The molecule has 0 heterocycles. The molecular formula is C16H23NO3. The van der Waals surface area contributed by atoms with Crippen LogP contribution in [-0.4, -0.2) is 30.3 Å². The lowest BCUT2D eigenvalue weighted by molar-refractivity contribution is -0.123. The van der Waals surface area contributed by atoms with Crippen molar-refractivity contribution in [2.24, 2.45) is 0 Å². The van der Waals surface area contributed by atoms with Crippen molar-refractivity contribution in [1.29, 1.82) is 0 Å². The molecule has 1 amide bonds. The normalized spacial score (nSPS) is 16.9. The molecule has 0 atom stereocenters. The standard InChI is InChI=1S/C16H23NO3/c1-20-14-6-4-5-13(11-14)7-8-15(19)17-16(12-18)9-2-3-10-16/h4-6,11,18H,2-3,7-10,12H2,1H3,(H,17,19). The molecule has 2 rings (SSSR count). The zero-order valence-electron chi connectivity index (χ0n) is 12.0. The van der Waals surface area contributed by atoms with E-state index in [1.54, 1.807) is 7.11 Å². The minimum Gasteiger partial charge on any atom is -0.497 e. The van der Waals surface area contributed by atoms with Crippen molar-refractivity contribution in [3.63, 3.8) is 0 Å². The van der Waals surface area contributed by atoms with E-state index >= 15 is 0 Å². The lowest BCUT2D eigenvalue weighted by atomic mass is 9.98. The van der Waals surface area contributed by atoms with Crippen molar-refractivity contribution in [2.75, 3.05) is 13.7 Å². The van der Waals surface area contributed by atoms with Crippen LogP contribution < -0.4 is 10.1 Å². The monoisotopic (exact) mass is 277 g/mol. The lowest BCUT2D eigenvalue weighted by Gasteiger charge is -2.28. The highest BCUT2D eigenvalue weighted by molar-refractivity contribution is 5.77. The summed E-state index contributed by atoms with van der Waals surface area (Å²) in [7, 11) is 1.64. The van der Waals surface area contributed by atoms with Crippen molar-refractivity contribution in [2.45, 2.75) is 44.1 Å². The van der Waals surface area contributed by atoms with Crippen LogP contribution in [0.2, 0.25) is 0 Å². The Morgan fingerprint density at radius 2 is 2.15 bits per heavy atom. The number of aliphatic hydroxyl groups excluding tert-OH is 1. The predicted octanol–water partition coefficient (Wildman–Crippen LogP) is 2.05. The summed E-state index contributed by atoms with van der Waals surface area (Å²) in [6.07, 6.45) is 5.05. The Labute approximate surface area is 120 Å². The van der Waals surface area contributed by atoms with E-state index in [0.29, 0.717) is 12.8 Å². The third-order valence-electron chi connectivity index (χ3n) is 4.04. The van der Waals surface area contributed by atoms with Crippen LogP contribution in [0.4, 0.5) is 0 Å². The molecule has 0 spiro atoms. The number of amides is 1. The maximum Gasteiger partial charge on any atom is 0.220 e. The second kappa shape index (κ2) is 6.75. The van der Waals surface area contributed by atoms with Crippen LogP contribution in [0.15, 0.2) is 24.3 Å². The number of methoxy groups -OCH3 is 1. The quantitative estimate of drug-likeness (QED) is 0.836. The molecule has 0 unspecified atom stereocenters. The first kappa shape index (κ1) is 14.9. The van der Waals surface area contributed by atoms with Gasteiger partial charge < -0.3 is 15.2 Å². The topological polar surface area (TPSA) is 58.6 Å². The van der Waals surface area contributed by atoms with E-state index in [1.807, 2.05) is 24.3 Å². The molecule has 1 aromatic carbocycles. The van der Waals surface area contributed by atoms with E-state index < -0.39 is 0 Å². The summed E-state index contributed by atoms with van der Waals surface area (Å²) in [5.41, 5.74) is 0.717. The summed E-state index contributed by atoms with van der Waals surface area (Å²) >= 11 is 0. The van der Waals surface area contributed by atoms with Crippen molar-refractivity contribution < 1.29 is 14.6 Å². The average Bonchev–Trinajstić information content (AvgIpc) is 2.94. The number of aliphatic hydroxyl groups is 1. The SMILES string of the molecule is COc1cccc(CCC(=O)NC2(CO)CCCC2)c1. The first-order valence-corrected chi connectivity index (χ1v) is 7.22. The molecule has 0 radical (unpaired) electrons. The molecular weight excluding hydrogens is 254 g/mol. The Kier molecular flexibility index (Phi) is 5.01. The Balaban J connectivity index is 1.85. The first-order valence-electron chi connectivity index (χ1n) is 7.22. The number of aryl methyl sites for hydroxylation is 1. The van der Waals surface area contributed by atoms with E-state index in [9.17, 15) is 9.90 Å². The van der Waals surface area contributed by atoms with Crippen LogP contribution in [0.25, 0.3) is 0 Å². The van der Waals surface area contributed by atoms with Crippen LogP contribution in [0.3, 0.4) is 0 Å². The largest absolute Gasteiger partial charge is 0.497 e. The van der Waals surface area contributed by atoms with Gasteiger partial charge in [-0.2, -0.15) is 0 Å². The summed E-state index contributed by atoms with van der Waals surface area (Å²) in [5.74, 6) is 0.828. The van der Waals surface area contributed by atoms with E-state index in [0.717, 1.165) is 37.0 Å². The van der Waals surface area contributed by atoms with Crippen LogP contribution in [0, 0.1) is 0 Å². The van der Waals surface area contributed by atoms with Crippen molar-refractivity contribution in [1.82, 2.24) is 5.32 Å². The first-order chi connectivity index (χ1) is 9.67. The van der Waals surface area contributed by atoms with Crippen molar-refractivity contribution >= 4 is 5.91 Å². The number of rotatable bonds is 6. The third-order valence-corrected chi connectivity index (χ3v) is 4.04. The summed E-state index contributed by atoms with van der Waals surface area (Å²) in [4.78, 5) is 12.0. The van der Waals surface area contributed by atoms with Gasteiger partial charge in [0.15, 0.2) is 0 Å². The zero-order valence-corrected chi connectivity index (χ0v) is 12.0. The molecule has 0 aromatic heterocycles. The van der Waals surface area contributed by atoms with E-state index in [1.165, 1.54) is 0 Å². The second-order valence-electron chi connectivity index (χ2n) is 5.55. The molecule has 1 aromatic rings. The minimum atomic E-state index is -0.370. The fourth-order valence-corrected chi connectivity index (χ4v) is 2.82. The summed E-state index contributed by atoms with van der Waals surface area (Å²) < 4.78 is 5.17. The Bertz CT molecular complexity index is 453. The summed E-state index contributed by atoms with van der Waals surface area (Å²) in [5, 5.41) is 12.5. The molecule has 2 N–H and O–H groups in total. The third kappa shape index (κ3) is 3.73. The molecule has 1 aliphatic carbocycles. The van der Waals surface area contributed by atoms with Gasteiger partial charge in [-0.05, 0) is 37.0 Å². The molecule has 4 heteroatoms. The number of carbonyl (C=O) groups is 1. The number of hydrogen-bond acceptors (Lipinski definition) is 3. The average molecular weight is 277 g/mol. The van der Waals surface area contributed by atoms with Gasteiger partial charge in [-0.3, -0.25) is 4.79 Å². The van der Waals surface area contributed by atoms with E-state index in [4.69, 9.17) is 4.74 Å². The number of nitrogens with one attached hydrogen (secondary N) is 1. The van der Waals surface area contributed by atoms with Crippen molar-refractivity contribution in [3.8, 4) is 5.75 Å². The molecule has 0 bridgehead atoms.